The topological polar surface area (TPSA) is 101 Å². The molecule has 0 amide bonds. The van der Waals surface area contributed by atoms with E-state index in [4.69, 9.17) is 0 Å². The van der Waals surface area contributed by atoms with Gasteiger partial charge in [0.1, 0.15) is 0 Å². The molecule has 59 heavy (non-hydrogen) atoms. The van der Waals surface area contributed by atoms with E-state index < -0.39 is 15.1 Å². The molecule has 0 N–H and O–H groups in total. The number of hydrogen-bond acceptors (Lipinski definition) is 8. The predicted octanol–water partition coefficient (Wildman–Crippen LogP) is 9.46. The average Bonchev–Trinajstić information content (AvgIpc) is 3.89. The first-order chi connectivity index (χ1) is 28.7. The molecule has 12 heteroatoms. The Hall–Kier alpha value is -4.75. The lowest BCUT2D eigenvalue weighted by atomic mass is 10.0. The summed E-state index contributed by atoms with van der Waals surface area (Å²) in [7, 11) is -3.35. The van der Waals surface area contributed by atoms with Gasteiger partial charge in [0.15, 0.2) is 21.1 Å². The van der Waals surface area contributed by atoms with Crippen molar-refractivity contribution < 1.29 is 8.42 Å². The monoisotopic (exact) mass is 872 g/mol. The number of likely N-dealkylation sites (tertiary alicyclic amines) is 2. The van der Waals surface area contributed by atoms with E-state index in [1.54, 1.807) is 49.0 Å². The van der Waals surface area contributed by atoms with Gasteiger partial charge in [-0.3, -0.25) is 0 Å². The lowest BCUT2D eigenvalue weighted by Gasteiger charge is -2.26. The molecule has 2 fully saturated rings. The lowest BCUT2D eigenvalue weighted by molar-refractivity contribution is 0.231. The largest absolute Gasteiger partial charge is 0.303 e. The van der Waals surface area contributed by atoms with Crippen molar-refractivity contribution in [3.05, 3.63) is 126 Å². The number of nitrogens with zero attached hydrogens (tertiary/aromatic N) is 8. The Kier molecular flexibility index (Phi) is 13.0. The maximum absolute atomic E-state index is 12.6. The SMILES string of the molecule is Brc1cnn2cc(-c3ccc(CCN4CCCCC4)cc3)cnc12.CC(C)S(=O)(=O)c1cccc(-c2cnn3cc(-c4ccc(CCN5CCCCC5)cc4)cnc23)c1. The Bertz CT molecular complexity index is 2590. The van der Waals surface area contributed by atoms with Gasteiger partial charge in [0.2, 0.25) is 0 Å². The normalized spacial score (nSPS) is 15.5. The fourth-order valence-electron chi connectivity index (χ4n) is 8.00. The number of piperidine rings is 2. The van der Waals surface area contributed by atoms with E-state index in [9.17, 15) is 8.42 Å². The van der Waals surface area contributed by atoms with Crippen LogP contribution in [-0.2, 0) is 22.7 Å². The van der Waals surface area contributed by atoms with Crippen LogP contribution in [0, 0.1) is 0 Å². The van der Waals surface area contributed by atoms with Gasteiger partial charge in [-0.05, 0) is 134 Å². The summed E-state index contributed by atoms with van der Waals surface area (Å²) in [6.07, 6.45) is 21.6. The summed E-state index contributed by atoms with van der Waals surface area (Å²) in [6.45, 7) is 10.7. The summed E-state index contributed by atoms with van der Waals surface area (Å²) in [5.74, 6) is 0. The molecule has 2 aliphatic rings. The highest BCUT2D eigenvalue weighted by Gasteiger charge is 2.20. The Balaban J connectivity index is 0.000000176. The van der Waals surface area contributed by atoms with E-state index in [1.165, 1.54) is 87.9 Å². The van der Waals surface area contributed by atoms with Crippen LogP contribution in [0.3, 0.4) is 0 Å². The molecule has 0 bridgehead atoms. The molecule has 0 saturated carbocycles. The zero-order chi connectivity index (χ0) is 40.8. The summed E-state index contributed by atoms with van der Waals surface area (Å²) in [4.78, 5) is 14.6. The van der Waals surface area contributed by atoms with Gasteiger partial charge < -0.3 is 9.80 Å². The number of rotatable bonds is 11. The molecule has 7 aromatic rings. The van der Waals surface area contributed by atoms with Crippen LogP contribution in [0.15, 0.2) is 119 Å². The fraction of sp³-hybridized carbons (Fsp3) is 0.362. The maximum atomic E-state index is 12.6. The van der Waals surface area contributed by atoms with Crippen LogP contribution in [0.5, 0.6) is 0 Å². The van der Waals surface area contributed by atoms with Gasteiger partial charge >= 0.3 is 0 Å². The molecule has 3 aromatic carbocycles. The first-order valence-corrected chi connectivity index (χ1v) is 23.4. The number of sulfone groups is 1. The highest BCUT2D eigenvalue weighted by Crippen LogP contribution is 2.29. The summed E-state index contributed by atoms with van der Waals surface area (Å²) < 4.78 is 29.7. The van der Waals surface area contributed by atoms with Crippen LogP contribution in [0.1, 0.15) is 63.5 Å². The van der Waals surface area contributed by atoms with Crippen LogP contribution in [-0.4, -0.2) is 91.9 Å². The summed E-state index contributed by atoms with van der Waals surface area (Å²) >= 11 is 3.46. The molecular formula is C47H53BrN8O2S. The van der Waals surface area contributed by atoms with Gasteiger partial charge in [-0.1, -0.05) is 73.5 Å². The average molecular weight is 874 g/mol. The Morgan fingerprint density at radius 1 is 0.593 bits per heavy atom. The minimum absolute atomic E-state index is 0.321. The Labute approximate surface area is 356 Å². The molecule has 9 rings (SSSR count). The molecule has 10 nitrogen and oxygen atoms in total. The second-order valence-corrected chi connectivity index (χ2v) is 19.5. The third-order valence-corrected chi connectivity index (χ3v) is 14.4. The first kappa shape index (κ1) is 41.0. The summed E-state index contributed by atoms with van der Waals surface area (Å²) in [5.41, 5.74) is 10.3. The molecule has 0 radical (unpaired) electrons. The van der Waals surface area contributed by atoms with E-state index >= 15 is 0 Å². The van der Waals surface area contributed by atoms with E-state index in [0.29, 0.717) is 10.5 Å². The van der Waals surface area contributed by atoms with E-state index in [2.05, 4.69) is 94.4 Å². The zero-order valence-corrected chi connectivity index (χ0v) is 36.5. The molecule has 6 heterocycles. The highest BCUT2D eigenvalue weighted by atomic mass is 79.9. The molecule has 0 unspecified atom stereocenters. The van der Waals surface area contributed by atoms with Crippen molar-refractivity contribution in [3.63, 3.8) is 0 Å². The van der Waals surface area contributed by atoms with Gasteiger partial charge in [-0.25, -0.2) is 27.4 Å². The number of hydrogen-bond donors (Lipinski definition) is 0. The fourth-order valence-corrected chi connectivity index (χ4v) is 9.48. The summed E-state index contributed by atoms with van der Waals surface area (Å²) in [5, 5.41) is 8.34. The zero-order valence-electron chi connectivity index (χ0n) is 34.0. The van der Waals surface area contributed by atoms with Crippen molar-refractivity contribution in [2.45, 2.75) is 75.4 Å². The van der Waals surface area contributed by atoms with Gasteiger partial charge in [-0.15, -0.1) is 0 Å². The minimum atomic E-state index is -3.35. The number of halogens is 1. The smallest absolute Gasteiger partial charge is 0.180 e. The van der Waals surface area contributed by atoms with Crippen molar-refractivity contribution in [2.24, 2.45) is 0 Å². The molecular weight excluding hydrogens is 821 g/mol. The maximum Gasteiger partial charge on any atom is 0.180 e. The van der Waals surface area contributed by atoms with Crippen molar-refractivity contribution >= 4 is 37.1 Å². The van der Waals surface area contributed by atoms with Gasteiger partial charge in [-0.2, -0.15) is 10.2 Å². The van der Waals surface area contributed by atoms with E-state index in [1.807, 2.05) is 35.4 Å². The third kappa shape index (κ3) is 9.84. The van der Waals surface area contributed by atoms with Crippen molar-refractivity contribution in [2.75, 3.05) is 39.3 Å². The molecule has 0 aliphatic carbocycles. The van der Waals surface area contributed by atoms with Crippen LogP contribution in [0.4, 0.5) is 0 Å². The third-order valence-electron chi connectivity index (χ3n) is 11.7. The van der Waals surface area contributed by atoms with E-state index in [0.717, 1.165) is 57.3 Å². The predicted molar refractivity (Wildman–Crippen MR) is 240 cm³/mol. The molecule has 0 spiro atoms. The van der Waals surface area contributed by atoms with Crippen LogP contribution >= 0.6 is 15.9 Å². The van der Waals surface area contributed by atoms with Crippen molar-refractivity contribution in [3.8, 4) is 33.4 Å². The van der Waals surface area contributed by atoms with Gasteiger partial charge in [0.05, 0.1) is 27.0 Å². The van der Waals surface area contributed by atoms with Gasteiger partial charge in [0.25, 0.3) is 0 Å². The first-order valence-electron chi connectivity index (χ1n) is 21.0. The second kappa shape index (κ2) is 18.7. The Morgan fingerprint density at radius 3 is 1.64 bits per heavy atom. The molecule has 0 atom stereocenters. The number of fused-ring (bicyclic) bond motifs is 2. The highest BCUT2D eigenvalue weighted by molar-refractivity contribution is 9.10. The molecule has 2 aliphatic heterocycles. The van der Waals surface area contributed by atoms with Gasteiger partial charge in [0, 0.05) is 54.6 Å². The number of benzene rings is 3. The standard InChI is InChI=1S/C28H32N4O2S.C19H21BrN4/c1-21(2)35(33,34)26-8-6-7-24(17-26)27-19-30-32-20-25(18-29-28(27)32)23-11-9-22(10-12-23)13-16-31-14-4-3-5-15-31;20-18-13-22-24-14-17(12-21-19(18)24)16-6-4-15(5-7-16)8-11-23-9-2-1-3-10-23/h6-12,17-21H,3-5,13-16H2,1-2H3;4-7,12-14H,1-3,8-11H2. The molecule has 2 saturated heterocycles. The van der Waals surface area contributed by atoms with E-state index in [-0.39, 0.29) is 0 Å². The summed E-state index contributed by atoms with van der Waals surface area (Å²) in [6, 6.07) is 24.6. The quantitative estimate of drug-likeness (QED) is 0.127. The molecule has 306 valence electrons. The lowest BCUT2D eigenvalue weighted by Crippen LogP contribution is -2.31. The molecule has 4 aromatic heterocycles. The van der Waals surface area contributed by atoms with Crippen LogP contribution < -0.4 is 0 Å². The van der Waals surface area contributed by atoms with Crippen molar-refractivity contribution in [1.82, 2.24) is 39.0 Å². The Morgan fingerprint density at radius 2 is 1.10 bits per heavy atom. The second-order valence-electron chi connectivity index (χ2n) is 16.1. The van der Waals surface area contributed by atoms with Crippen LogP contribution in [0.2, 0.25) is 0 Å². The number of aromatic nitrogens is 6. The van der Waals surface area contributed by atoms with Crippen LogP contribution in [0.25, 0.3) is 44.7 Å². The minimum Gasteiger partial charge on any atom is -0.303 e. The van der Waals surface area contributed by atoms with Crippen molar-refractivity contribution in [1.29, 1.82) is 0 Å².